The van der Waals surface area contributed by atoms with Crippen LogP contribution in [0.1, 0.15) is 28.8 Å². The van der Waals surface area contributed by atoms with E-state index in [4.69, 9.17) is 20.8 Å². The maximum atomic E-state index is 12.2. The molecule has 1 aromatic carbocycles. The Morgan fingerprint density at radius 3 is 2.89 bits per heavy atom. The summed E-state index contributed by atoms with van der Waals surface area (Å²) in [5.41, 5.74) is 0.761. The Kier molecular flexibility index (Phi) is 5.95. The highest BCUT2D eigenvalue weighted by molar-refractivity contribution is 6.32. The van der Waals surface area contributed by atoms with Gasteiger partial charge in [-0.1, -0.05) is 11.6 Å². The zero-order valence-electron chi connectivity index (χ0n) is 14.9. The molecule has 0 saturated carbocycles. The van der Waals surface area contributed by atoms with Gasteiger partial charge in [0.25, 0.3) is 11.6 Å². The number of nitro groups is 1. The number of aromatic nitrogens is 2. The molecule has 0 unspecified atom stereocenters. The first-order chi connectivity index (χ1) is 13.5. The number of furan rings is 1. The highest BCUT2D eigenvalue weighted by atomic mass is 35.5. The van der Waals surface area contributed by atoms with Gasteiger partial charge in [-0.05, 0) is 25.1 Å². The number of nitro benzene ring substituents is 1. The van der Waals surface area contributed by atoms with Crippen LogP contribution >= 0.6 is 11.6 Å². The van der Waals surface area contributed by atoms with Crippen molar-refractivity contribution in [1.82, 2.24) is 15.1 Å². The molecule has 2 aromatic heterocycles. The van der Waals surface area contributed by atoms with E-state index in [2.05, 4.69) is 10.4 Å². The minimum absolute atomic E-state index is 0.0219. The predicted octanol–water partition coefficient (Wildman–Crippen LogP) is 3.57. The van der Waals surface area contributed by atoms with Crippen LogP contribution in [0.4, 0.5) is 5.69 Å². The molecule has 0 saturated heterocycles. The molecule has 3 rings (SSSR count). The summed E-state index contributed by atoms with van der Waals surface area (Å²) in [7, 11) is 0. The molecule has 0 atom stereocenters. The SMILES string of the molecule is CCn1cc(CNC(=O)c2ccc(COc3ccc([N+](=O)[O-])cc3Cl)o2)cn1. The van der Waals surface area contributed by atoms with Crippen LogP contribution in [0.25, 0.3) is 0 Å². The Morgan fingerprint density at radius 1 is 1.39 bits per heavy atom. The van der Waals surface area contributed by atoms with E-state index in [-0.39, 0.29) is 34.7 Å². The minimum Gasteiger partial charge on any atom is -0.484 e. The number of nitrogens with one attached hydrogen (secondary N) is 1. The molecule has 146 valence electrons. The molecule has 0 bridgehead atoms. The second-order valence-corrected chi connectivity index (χ2v) is 6.22. The molecule has 28 heavy (non-hydrogen) atoms. The lowest BCUT2D eigenvalue weighted by atomic mass is 10.3. The summed E-state index contributed by atoms with van der Waals surface area (Å²) in [5.74, 6) is 0.487. The lowest BCUT2D eigenvalue weighted by molar-refractivity contribution is -0.384. The first-order valence-electron chi connectivity index (χ1n) is 8.41. The van der Waals surface area contributed by atoms with E-state index in [9.17, 15) is 14.9 Å². The van der Waals surface area contributed by atoms with E-state index in [1.807, 2.05) is 13.1 Å². The second kappa shape index (κ2) is 8.57. The Morgan fingerprint density at radius 2 is 2.21 bits per heavy atom. The van der Waals surface area contributed by atoms with Gasteiger partial charge >= 0.3 is 0 Å². The number of benzene rings is 1. The van der Waals surface area contributed by atoms with Crippen molar-refractivity contribution in [3.05, 3.63) is 74.9 Å². The fraction of sp³-hybridized carbons (Fsp3) is 0.222. The van der Waals surface area contributed by atoms with Gasteiger partial charge in [0.05, 0.1) is 16.1 Å². The second-order valence-electron chi connectivity index (χ2n) is 5.81. The van der Waals surface area contributed by atoms with Gasteiger partial charge in [0.2, 0.25) is 0 Å². The van der Waals surface area contributed by atoms with Crippen LogP contribution in [0.3, 0.4) is 0 Å². The van der Waals surface area contributed by atoms with Crippen LogP contribution in [0.15, 0.2) is 47.1 Å². The summed E-state index contributed by atoms with van der Waals surface area (Å²) < 4.78 is 12.7. The standard InChI is InChI=1S/C18H17ClN4O5/c1-2-22-10-12(9-21-22)8-20-18(24)17-6-4-14(28-17)11-27-16-5-3-13(23(25)26)7-15(16)19/h3-7,9-10H,2,8,11H2,1H3,(H,20,24). The maximum absolute atomic E-state index is 12.2. The van der Waals surface area contributed by atoms with E-state index in [1.54, 1.807) is 23.0 Å². The van der Waals surface area contributed by atoms with E-state index < -0.39 is 4.92 Å². The number of ether oxygens (including phenoxy) is 1. The highest BCUT2D eigenvalue weighted by Gasteiger charge is 2.14. The molecule has 0 aliphatic carbocycles. The average molecular weight is 405 g/mol. The highest BCUT2D eigenvalue weighted by Crippen LogP contribution is 2.29. The van der Waals surface area contributed by atoms with E-state index in [0.717, 1.165) is 12.1 Å². The van der Waals surface area contributed by atoms with Gasteiger partial charge in [0.15, 0.2) is 5.76 Å². The summed E-state index contributed by atoms with van der Waals surface area (Å²) in [6.45, 7) is 3.10. The van der Waals surface area contributed by atoms with E-state index in [0.29, 0.717) is 12.3 Å². The molecule has 0 aliphatic rings. The molecule has 9 nitrogen and oxygen atoms in total. The van der Waals surface area contributed by atoms with Gasteiger partial charge in [0.1, 0.15) is 18.1 Å². The lowest BCUT2D eigenvalue weighted by Gasteiger charge is -2.06. The third-order valence-corrected chi connectivity index (χ3v) is 4.14. The van der Waals surface area contributed by atoms with Gasteiger partial charge in [-0.3, -0.25) is 19.6 Å². The number of aryl methyl sites for hydroxylation is 1. The molecular weight excluding hydrogens is 388 g/mol. The quantitative estimate of drug-likeness (QED) is 0.453. The fourth-order valence-electron chi connectivity index (χ4n) is 2.39. The number of carbonyl (C=O) groups is 1. The number of nitrogens with zero attached hydrogens (tertiary/aromatic N) is 3. The first-order valence-corrected chi connectivity index (χ1v) is 8.79. The summed E-state index contributed by atoms with van der Waals surface area (Å²) >= 11 is 5.98. The molecule has 2 heterocycles. The van der Waals surface area contributed by atoms with Gasteiger partial charge in [-0.15, -0.1) is 0 Å². The molecule has 1 amide bonds. The Hall–Kier alpha value is -3.33. The lowest BCUT2D eigenvalue weighted by Crippen LogP contribution is -2.22. The maximum Gasteiger partial charge on any atom is 0.287 e. The van der Waals surface area contributed by atoms with Crippen LogP contribution in [-0.2, 0) is 19.7 Å². The number of carbonyl (C=O) groups excluding carboxylic acids is 1. The van der Waals surface area contributed by atoms with Crippen molar-refractivity contribution in [2.75, 3.05) is 0 Å². The van der Waals surface area contributed by atoms with Crippen LogP contribution in [-0.4, -0.2) is 20.6 Å². The third kappa shape index (κ3) is 4.68. The van der Waals surface area contributed by atoms with Crippen molar-refractivity contribution in [2.45, 2.75) is 26.6 Å². The van der Waals surface area contributed by atoms with Crippen LogP contribution in [0.2, 0.25) is 5.02 Å². The summed E-state index contributed by atoms with van der Waals surface area (Å²) in [4.78, 5) is 22.4. The molecular formula is C18H17ClN4O5. The Balaban J connectivity index is 1.55. The topological polar surface area (TPSA) is 112 Å². The monoisotopic (exact) mass is 404 g/mol. The van der Waals surface area contributed by atoms with Gasteiger partial charge in [-0.25, -0.2) is 0 Å². The average Bonchev–Trinajstić information content (AvgIpc) is 3.34. The number of halogens is 1. The molecule has 0 fully saturated rings. The zero-order valence-corrected chi connectivity index (χ0v) is 15.7. The summed E-state index contributed by atoms with van der Waals surface area (Å²) in [6.07, 6.45) is 3.55. The number of amides is 1. The summed E-state index contributed by atoms with van der Waals surface area (Å²) in [5, 5.41) is 17.7. The molecule has 0 spiro atoms. The van der Waals surface area contributed by atoms with Crippen molar-refractivity contribution >= 4 is 23.2 Å². The number of rotatable bonds is 8. The van der Waals surface area contributed by atoms with Crippen molar-refractivity contribution in [1.29, 1.82) is 0 Å². The van der Waals surface area contributed by atoms with E-state index in [1.165, 1.54) is 18.2 Å². The smallest absolute Gasteiger partial charge is 0.287 e. The Labute approximate surface area is 165 Å². The van der Waals surface area contributed by atoms with Gasteiger partial charge in [-0.2, -0.15) is 5.10 Å². The largest absolute Gasteiger partial charge is 0.484 e. The predicted molar refractivity (Wildman–Crippen MR) is 100 cm³/mol. The number of non-ortho nitro benzene ring substituents is 1. The summed E-state index contributed by atoms with van der Waals surface area (Å²) in [6, 6.07) is 7.07. The van der Waals surface area contributed by atoms with Gasteiger partial charge < -0.3 is 14.5 Å². The van der Waals surface area contributed by atoms with Gasteiger partial charge in [0, 0.05) is 37.0 Å². The molecule has 0 aliphatic heterocycles. The van der Waals surface area contributed by atoms with Crippen molar-refractivity contribution in [2.24, 2.45) is 0 Å². The molecule has 10 heteroatoms. The Bertz CT molecular complexity index is 998. The normalized spacial score (nSPS) is 10.6. The minimum atomic E-state index is -0.541. The van der Waals surface area contributed by atoms with Crippen LogP contribution < -0.4 is 10.1 Å². The molecule has 0 radical (unpaired) electrons. The third-order valence-electron chi connectivity index (χ3n) is 3.85. The molecule has 1 N–H and O–H groups in total. The van der Waals surface area contributed by atoms with Crippen molar-refractivity contribution in [3.8, 4) is 5.75 Å². The van der Waals surface area contributed by atoms with Crippen molar-refractivity contribution < 1.29 is 18.9 Å². The van der Waals surface area contributed by atoms with Crippen LogP contribution in [0, 0.1) is 10.1 Å². The fourth-order valence-corrected chi connectivity index (χ4v) is 2.62. The first kappa shape index (κ1) is 19.4. The van der Waals surface area contributed by atoms with Crippen molar-refractivity contribution in [3.63, 3.8) is 0 Å². The number of hydrogen-bond acceptors (Lipinski definition) is 6. The van der Waals surface area contributed by atoms with Crippen LogP contribution in [0.5, 0.6) is 5.75 Å². The van der Waals surface area contributed by atoms with E-state index >= 15 is 0 Å². The zero-order chi connectivity index (χ0) is 20.1. The molecule has 3 aromatic rings. The number of hydrogen-bond donors (Lipinski definition) is 1.